The minimum atomic E-state index is 0.351. The van der Waals surface area contributed by atoms with Crippen LogP contribution in [-0.2, 0) is 0 Å². The summed E-state index contributed by atoms with van der Waals surface area (Å²) in [6.07, 6.45) is 9.37. The minimum absolute atomic E-state index is 0.351. The fraction of sp³-hybridized carbons (Fsp3) is 1.00. The molecule has 0 bridgehead atoms. The Hall–Kier alpha value is 1.75. The molecule has 164 valence electrons. The molecule has 0 aromatic rings. The van der Waals surface area contributed by atoms with Crippen molar-refractivity contribution >= 4 is 58.8 Å². The second-order valence-electron chi connectivity index (χ2n) is 7.82. The molecule has 5 heteroatoms. The average Bonchev–Trinajstić information content (AvgIpc) is 2.61. The number of hydrogen-bond acceptors (Lipinski definition) is 5. The lowest BCUT2D eigenvalue weighted by molar-refractivity contribution is 0.744. The molecule has 0 rings (SSSR count). The van der Waals surface area contributed by atoms with Gasteiger partial charge in [0.1, 0.15) is 3.41 Å². The predicted molar refractivity (Wildman–Crippen MR) is 143 cm³/mol. The van der Waals surface area contributed by atoms with Crippen molar-refractivity contribution in [1.82, 2.24) is 0 Å². The molecule has 0 saturated carbocycles. The molecule has 27 heavy (non-hydrogen) atoms. The van der Waals surface area contributed by atoms with Crippen LogP contribution in [-0.4, -0.2) is 36.3 Å². The van der Waals surface area contributed by atoms with Gasteiger partial charge in [0.25, 0.3) is 0 Å². The van der Waals surface area contributed by atoms with Gasteiger partial charge in [0.05, 0.1) is 4.58 Å². The van der Waals surface area contributed by atoms with Crippen molar-refractivity contribution in [2.24, 2.45) is 5.92 Å². The minimum Gasteiger partial charge on any atom is -0.148 e. The van der Waals surface area contributed by atoms with Crippen molar-refractivity contribution in [3.63, 3.8) is 0 Å². The van der Waals surface area contributed by atoms with Crippen LogP contribution in [0.1, 0.15) is 93.4 Å². The molecule has 0 aromatic carbocycles. The molecule has 0 aliphatic carbocycles. The van der Waals surface area contributed by atoms with Crippen molar-refractivity contribution in [3.05, 3.63) is 0 Å². The molecule has 0 radical (unpaired) electrons. The Morgan fingerprint density at radius 2 is 1.37 bits per heavy atom. The van der Waals surface area contributed by atoms with Crippen LogP contribution in [0.25, 0.3) is 0 Å². The van der Waals surface area contributed by atoms with Crippen LogP contribution >= 0.6 is 58.8 Å². The largest absolute Gasteiger partial charge is 0.148 e. The lowest BCUT2D eigenvalue weighted by Crippen LogP contribution is -2.22. The van der Waals surface area contributed by atoms with E-state index in [1.54, 1.807) is 0 Å². The molecule has 0 amide bonds. The van der Waals surface area contributed by atoms with E-state index in [-0.39, 0.29) is 0 Å². The van der Waals surface area contributed by atoms with Crippen LogP contribution in [0.2, 0.25) is 0 Å². The first-order valence-corrected chi connectivity index (χ1v) is 16.0. The summed E-state index contributed by atoms with van der Waals surface area (Å²) < 4.78 is 1.14. The Morgan fingerprint density at radius 3 is 1.93 bits per heavy atom. The van der Waals surface area contributed by atoms with E-state index in [0.717, 1.165) is 10.5 Å². The van der Waals surface area contributed by atoms with Gasteiger partial charge in [0, 0.05) is 5.25 Å². The molecule has 0 nitrogen and oxygen atoms in total. The summed E-state index contributed by atoms with van der Waals surface area (Å²) in [6, 6.07) is 0. The summed E-state index contributed by atoms with van der Waals surface area (Å²) >= 11 is 11.2. The maximum absolute atomic E-state index is 2.38. The predicted octanol–water partition coefficient (Wildman–Crippen LogP) is 9.49. The Morgan fingerprint density at radius 1 is 0.741 bits per heavy atom. The standard InChI is InChI=1S/C22H46S5/c1-8-11-16-24-21(23-15-10-3)13-14-22(27-20(6)7,25-17-12-9-2)26-18-19(4)5/h19-21H,8-18H2,1-7H3. The van der Waals surface area contributed by atoms with Crippen LogP contribution < -0.4 is 0 Å². The zero-order valence-electron chi connectivity index (χ0n) is 19.1. The van der Waals surface area contributed by atoms with Crippen LogP contribution in [0.3, 0.4) is 0 Å². The molecule has 0 heterocycles. The molecule has 0 aliphatic heterocycles. The quantitative estimate of drug-likeness (QED) is 0.136. The Kier molecular flexibility index (Phi) is 19.7. The van der Waals surface area contributed by atoms with Crippen LogP contribution in [0.15, 0.2) is 0 Å². The first-order chi connectivity index (χ1) is 12.9. The normalized spacial score (nSPS) is 15.4. The van der Waals surface area contributed by atoms with E-state index in [1.807, 2.05) is 0 Å². The molecule has 0 fully saturated rings. The molecule has 0 N–H and O–H groups in total. The van der Waals surface area contributed by atoms with E-state index >= 15 is 0 Å². The topological polar surface area (TPSA) is 0 Å². The van der Waals surface area contributed by atoms with Crippen molar-refractivity contribution < 1.29 is 0 Å². The first kappa shape index (κ1) is 28.8. The van der Waals surface area contributed by atoms with Crippen LogP contribution in [0, 0.1) is 5.92 Å². The van der Waals surface area contributed by atoms with Gasteiger partial charge in [-0.1, -0.05) is 61.3 Å². The first-order valence-electron chi connectivity index (χ1n) is 11.1. The van der Waals surface area contributed by atoms with E-state index in [0.29, 0.717) is 8.66 Å². The lowest BCUT2D eigenvalue weighted by Gasteiger charge is -2.35. The molecule has 2 atom stereocenters. The highest BCUT2D eigenvalue weighted by Gasteiger charge is 2.34. The van der Waals surface area contributed by atoms with E-state index in [1.165, 1.54) is 68.0 Å². The van der Waals surface area contributed by atoms with Gasteiger partial charge in [0.15, 0.2) is 0 Å². The van der Waals surface area contributed by atoms with E-state index in [2.05, 4.69) is 107 Å². The van der Waals surface area contributed by atoms with E-state index < -0.39 is 0 Å². The van der Waals surface area contributed by atoms with Crippen molar-refractivity contribution in [2.75, 3.05) is 23.0 Å². The fourth-order valence-corrected chi connectivity index (χ4v) is 11.0. The van der Waals surface area contributed by atoms with Gasteiger partial charge in [0.2, 0.25) is 0 Å². The van der Waals surface area contributed by atoms with Crippen molar-refractivity contribution in [1.29, 1.82) is 0 Å². The number of rotatable bonds is 19. The highest BCUT2D eigenvalue weighted by Crippen LogP contribution is 2.53. The Balaban J connectivity index is 5.02. The zero-order valence-corrected chi connectivity index (χ0v) is 23.1. The molecular weight excluding hydrogens is 425 g/mol. The van der Waals surface area contributed by atoms with E-state index in [4.69, 9.17) is 0 Å². The molecule has 0 saturated heterocycles. The van der Waals surface area contributed by atoms with Crippen molar-refractivity contribution in [2.45, 2.75) is 107 Å². The summed E-state index contributed by atoms with van der Waals surface area (Å²) in [5.41, 5.74) is 0. The van der Waals surface area contributed by atoms with Gasteiger partial charge < -0.3 is 0 Å². The second-order valence-corrected chi connectivity index (χ2v) is 16.1. The van der Waals surface area contributed by atoms with Gasteiger partial charge in [-0.3, -0.25) is 0 Å². The van der Waals surface area contributed by atoms with Crippen LogP contribution in [0.5, 0.6) is 0 Å². The van der Waals surface area contributed by atoms with Crippen LogP contribution in [0.4, 0.5) is 0 Å². The molecule has 0 spiro atoms. The van der Waals surface area contributed by atoms with Gasteiger partial charge in [-0.15, -0.1) is 58.8 Å². The monoisotopic (exact) mass is 470 g/mol. The SMILES string of the molecule is CCCCSC(CCC(SCCCC)(SCC(C)C)SC(C)C)SCCC. The summed E-state index contributed by atoms with van der Waals surface area (Å²) in [4.78, 5) is 0. The Labute approximate surface area is 193 Å². The highest BCUT2D eigenvalue weighted by molar-refractivity contribution is 8.33. The number of unbranched alkanes of at least 4 members (excludes halogenated alkanes) is 2. The molecule has 2 unspecified atom stereocenters. The lowest BCUT2D eigenvalue weighted by atomic mass is 10.3. The molecular formula is C22H46S5. The second kappa shape index (κ2) is 18.5. The fourth-order valence-electron chi connectivity index (χ4n) is 2.46. The smallest absolute Gasteiger partial charge is 0.107 e. The van der Waals surface area contributed by atoms with Gasteiger partial charge >= 0.3 is 0 Å². The van der Waals surface area contributed by atoms with Gasteiger partial charge in [-0.05, 0) is 61.0 Å². The van der Waals surface area contributed by atoms with E-state index in [9.17, 15) is 0 Å². The maximum Gasteiger partial charge on any atom is 0.107 e. The molecule has 0 aliphatic rings. The van der Waals surface area contributed by atoms with Crippen molar-refractivity contribution in [3.8, 4) is 0 Å². The third-order valence-electron chi connectivity index (χ3n) is 3.87. The third kappa shape index (κ3) is 16.2. The third-order valence-corrected chi connectivity index (χ3v) is 12.7. The van der Waals surface area contributed by atoms with Gasteiger partial charge in [-0.2, -0.15) is 0 Å². The average molecular weight is 471 g/mol. The summed E-state index contributed by atoms with van der Waals surface area (Å²) in [5, 5.41) is 0.702. The summed E-state index contributed by atoms with van der Waals surface area (Å²) in [6.45, 7) is 16.5. The Bertz CT molecular complexity index is 322. The number of hydrogen-bond donors (Lipinski definition) is 0. The van der Waals surface area contributed by atoms with Gasteiger partial charge in [-0.25, -0.2) is 0 Å². The number of thioether (sulfide) groups is 5. The summed E-state index contributed by atoms with van der Waals surface area (Å²) in [5.74, 6) is 6.03. The zero-order chi connectivity index (χ0) is 20.5. The highest BCUT2D eigenvalue weighted by atomic mass is 32.3. The maximum atomic E-state index is 2.38. The summed E-state index contributed by atoms with van der Waals surface area (Å²) in [7, 11) is 0. The molecule has 0 aromatic heterocycles.